The van der Waals surface area contributed by atoms with Crippen molar-refractivity contribution < 1.29 is 14.4 Å². The van der Waals surface area contributed by atoms with Gasteiger partial charge >= 0.3 is 6.03 Å². The van der Waals surface area contributed by atoms with E-state index in [0.29, 0.717) is 11.3 Å². The van der Waals surface area contributed by atoms with Gasteiger partial charge in [-0.2, -0.15) is 5.10 Å². The number of nitrogens with one attached hydrogen (secondary N) is 1. The fraction of sp³-hybridized carbons (Fsp3) is 0.0909. The highest BCUT2D eigenvalue weighted by Gasteiger charge is 2.36. The Labute approximate surface area is 167 Å². The van der Waals surface area contributed by atoms with E-state index >= 15 is 0 Å². The molecule has 2 heterocycles. The number of hydrogen-bond acceptors (Lipinski definition) is 4. The molecule has 3 aromatic rings. The Kier molecular flexibility index (Phi) is 4.56. The first-order chi connectivity index (χ1) is 13.9. The van der Waals surface area contributed by atoms with E-state index in [1.54, 1.807) is 41.3 Å². The number of urea groups is 1. The van der Waals surface area contributed by atoms with Crippen LogP contribution in [-0.2, 0) is 9.59 Å². The van der Waals surface area contributed by atoms with Crippen LogP contribution in [0.5, 0.6) is 0 Å². The molecule has 0 atom stereocenters. The van der Waals surface area contributed by atoms with Gasteiger partial charge < -0.3 is 0 Å². The lowest BCUT2D eigenvalue weighted by Gasteiger charge is -2.26. The van der Waals surface area contributed by atoms with Crippen molar-refractivity contribution in [1.29, 1.82) is 0 Å². The normalized spacial score (nSPS) is 15.7. The molecule has 4 amide bonds. The van der Waals surface area contributed by atoms with Gasteiger partial charge in [-0.15, -0.1) is 0 Å². The summed E-state index contributed by atoms with van der Waals surface area (Å²) in [5.41, 5.74) is 3.82. The number of rotatable bonds is 3. The SMILES string of the molecule is Cc1ccc(N2C(=O)NC(=O)/C(=C\c3cnn(-c4ccc(C)cc4)c3)C2=O)cc1. The molecule has 7 heteroatoms. The van der Waals surface area contributed by atoms with Crippen LogP contribution < -0.4 is 10.2 Å². The number of imide groups is 2. The third kappa shape index (κ3) is 3.58. The van der Waals surface area contributed by atoms with Crippen LogP contribution in [0.15, 0.2) is 66.5 Å². The summed E-state index contributed by atoms with van der Waals surface area (Å²) in [7, 11) is 0. The Bertz CT molecular complexity index is 1140. The minimum Gasteiger partial charge on any atom is -0.273 e. The number of anilines is 1. The van der Waals surface area contributed by atoms with Gasteiger partial charge in [0.05, 0.1) is 17.6 Å². The van der Waals surface area contributed by atoms with Crippen LogP contribution in [0.1, 0.15) is 16.7 Å². The summed E-state index contributed by atoms with van der Waals surface area (Å²) in [5, 5.41) is 6.50. The first kappa shape index (κ1) is 18.4. The number of hydrogen-bond donors (Lipinski definition) is 1. The highest BCUT2D eigenvalue weighted by atomic mass is 16.2. The molecule has 29 heavy (non-hydrogen) atoms. The topological polar surface area (TPSA) is 84.3 Å². The third-order valence-electron chi connectivity index (χ3n) is 4.61. The largest absolute Gasteiger partial charge is 0.335 e. The molecule has 1 fully saturated rings. The lowest BCUT2D eigenvalue weighted by molar-refractivity contribution is -0.122. The maximum Gasteiger partial charge on any atom is 0.335 e. The van der Waals surface area contributed by atoms with Crippen molar-refractivity contribution in [2.75, 3.05) is 4.90 Å². The average molecular weight is 386 g/mol. The van der Waals surface area contributed by atoms with E-state index in [1.165, 1.54) is 6.08 Å². The third-order valence-corrected chi connectivity index (χ3v) is 4.61. The molecular formula is C22H18N4O3. The predicted molar refractivity (Wildman–Crippen MR) is 108 cm³/mol. The minimum absolute atomic E-state index is 0.131. The molecule has 1 saturated heterocycles. The van der Waals surface area contributed by atoms with Gasteiger partial charge in [-0.1, -0.05) is 35.4 Å². The molecule has 1 N–H and O–H groups in total. The molecule has 0 spiro atoms. The van der Waals surface area contributed by atoms with E-state index in [9.17, 15) is 14.4 Å². The molecule has 0 aliphatic carbocycles. The quantitative estimate of drug-likeness (QED) is 0.554. The summed E-state index contributed by atoms with van der Waals surface area (Å²) in [4.78, 5) is 38.4. The summed E-state index contributed by atoms with van der Waals surface area (Å²) in [5.74, 6) is -1.41. The van der Waals surface area contributed by atoms with Crippen LogP contribution >= 0.6 is 0 Å². The van der Waals surface area contributed by atoms with Crippen LogP contribution in [0.3, 0.4) is 0 Å². The van der Waals surface area contributed by atoms with Crippen LogP contribution in [0, 0.1) is 13.8 Å². The van der Waals surface area contributed by atoms with Crippen LogP contribution in [0.25, 0.3) is 11.8 Å². The van der Waals surface area contributed by atoms with Gasteiger partial charge in [0.25, 0.3) is 11.8 Å². The van der Waals surface area contributed by atoms with Crippen molar-refractivity contribution in [3.05, 3.63) is 83.2 Å². The zero-order valence-electron chi connectivity index (χ0n) is 15.9. The van der Waals surface area contributed by atoms with Crippen molar-refractivity contribution >= 4 is 29.6 Å². The number of carbonyl (C=O) groups excluding carboxylic acids is 3. The van der Waals surface area contributed by atoms with Crippen molar-refractivity contribution in [3.8, 4) is 5.69 Å². The second-order valence-corrected chi connectivity index (χ2v) is 6.85. The molecule has 0 radical (unpaired) electrons. The van der Waals surface area contributed by atoms with Crippen molar-refractivity contribution in [3.63, 3.8) is 0 Å². The summed E-state index contributed by atoms with van der Waals surface area (Å²) in [6.07, 6.45) is 4.70. The van der Waals surface area contributed by atoms with E-state index < -0.39 is 17.8 Å². The molecule has 1 aliphatic rings. The maximum atomic E-state index is 12.9. The monoisotopic (exact) mass is 386 g/mol. The van der Waals surface area contributed by atoms with E-state index in [4.69, 9.17) is 0 Å². The number of barbiturate groups is 1. The maximum absolute atomic E-state index is 12.9. The van der Waals surface area contributed by atoms with Crippen molar-refractivity contribution in [1.82, 2.24) is 15.1 Å². The fourth-order valence-electron chi connectivity index (χ4n) is 3.00. The predicted octanol–water partition coefficient (Wildman–Crippen LogP) is 3.16. The molecule has 144 valence electrons. The lowest BCUT2D eigenvalue weighted by Crippen LogP contribution is -2.54. The summed E-state index contributed by atoms with van der Waals surface area (Å²) in [6.45, 7) is 3.90. The molecule has 1 aromatic heterocycles. The zero-order chi connectivity index (χ0) is 20.5. The van der Waals surface area contributed by atoms with Crippen molar-refractivity contribution in [2.45, 2.75) is 13.8 Å². The molecule has 0 unspecified atom stereocenters. The molecule has 2 aromatic carbocycles. The highest BCUT2D eigenvalue weighted by Crippen LogP contribution is 2.22. The number of benzene rings is 2. The number of nitrogens with zero attached hydrogens (tertiary/aromatic N) is 3. The number of amides is 4. The Balaban J connectivity index is 1.66. The number of aryl methyl sites for hydroxylation is 2. The summed E-state index contributed by atoms with van der Waals surface area (Å²) in [6, 6.07) is 13.9. The van der Waals surface area contributed by atoms with Gasteiger partial charge in [0, 0.05) is 11.8 Å². The molecule has 1 aliphatic heterocycles. The van der Waals surface area contributed by atoms with Gasteiger partial charge in [0.15, 0.2) is 0 Å². The number of carbonyl (C=O) groups is 3. The van der Waals surface area contributed by atoms with Crippen molar-refractivity contribution in [2.24, 2.45) is 0 Å². The fourth-order valence-corrected chi connectivity index (χ4v) is 3.00. The molecule has 7 nitrogen and oxygen atoms in total. The van der Waals surface area contributed by atoms with Gasteiger partial charge in [0.2, 0.25) is 0 Å². The minimum atomic E-state index is -0.767. The first-order valence-electron chi connectivity index (χ1n) is 9.02. The zero-order valence-corrected chi connectivity index (χ0v) is 15.9. The Morgan fingerprint density at radius 2 is 1.45 bits per heavy atom. The first-order valence-corrected chi connectivity index (χ1v) is 9.02. The van der Waals surface area contributed by atoms with Crippen LogP contribution in [-0.4, -0.2) is 27.6 Å². The smallest absolute Gasteiger partial charge is 0.273 e. The van der Waals surface area contributed by atoms with Crippen LogP contribution in [0.4, 0.5) is 10.5 Å². The Morgan fingerprint density at radius 3 is 2.07 bits per heavy atom. The highest BCUT2D eigenvalue weighted by molar-refractivity contribution is 6.39. The Morgan fingerprint density at radius 1 is 0.862 bits per heavy atom. The molecule has 4 rings (SSSR count). The second-order valence-electron chi connectivity index (χ2n) is 6.85. The molecule has 0 saturated carbocycles. The van der Waals surface area contributed by atoms with Gasteiger partial charge in [0.1, 0.15) is 5.57 Å². The Hall–Kier alpha value is -4.00. The standard InChI is InChI=1S/C22H18N4O3/c1-14-3-7-17(8-4-14)25-13-16(12-23-25)11-19-20(27)24-22(29)26(21(19)28)18-9-5-15(2)6-10-18/h3-13H,1-2H3,(H,24,27,29)/b19-11+. The lowest BCUT2D eigenvalue weighted by atomic mass is 10.1. The van der Waals surface area contributed by atoms with E-state index in [0.717, 1.165) is 21.7 Å². The molecular weight excluding hydrogens is 368 g/mol. The van der Waals surface area contributed by atoms with Crippen LogP contribution in [0.2, 0.25) is 0 Å². The van der Waals surface area contributed by atoms with E-state index in [1.807, 2.05) is 38.1 Å². The van der Waals surface area contributed by atoms with E-state index in [2.05, 4.69) is 10.4 Å². The van der Waals surface area contributed by atoms with Gasteiger partial charge in [-0.25, -0.2) is 14.4 Å². The summed E-state index contributed by atoms with van der Waals surface area (Å²) < 4.78 is 1.65. The average Bonchev–Trinajstić information content (AvgIpc) is 3.16. The van der Waals surface area contributed by atoms with Gasteiger partial charge in [-0.05, 0) is 44.2 Å². The second kappa shape index (κ2) is 7.20. The summed E-state index contributed by atoms with van der Waals surface area (Å²) >= 11 is 0. The van der Waals surface area contributed by atoms with E-state index in [-0.39, 0.29) is 5.57 Å². The number of aromatic nitrogens is 2. The molecule has 0 bridgehead atoms. The van der Waals surface area contributed by atoms with Gasteiger partial charge in [-0.3, -0.25) is 14.9 Å².